The Morgan fingerprint density at radius 1 is 1.31 bits per heavy atom. The highest BCUT2D eigenvalue weighted by atomic mass is 35.5. The average molecular weight is 444 g/mol. The van der Waals surface area contributed by atoms with Crippen LogP contribution in [0.5, 0.6) is 5.75 Å². The van der Waals surface area contributed by atoms with Gasteiger partial charge in [0.25, 0.3) is 0 Å². The lowest BCUT2D eigenvalue weighted by Crippen LogP contribution is -2.23. The van der Waals surface area contributed by atoms with Gasteiger partial charge in [-0.1, -0.05) is 23.4 Å². The van der Waals surface area contributed by atoms with Gasteiger partial charge in [-0.2, -0.15) is 13.2 Å². The highest BCUT2D eigenvalue weighted by Gasteiger charge is 2.31. The lowest BCUT2D eigenvalue weighted by molar-refractivity contribution is -0.137. The van der Waals surface area contributed by atoms with E-state index in [4.69, 9.17) is 16.3 Å². The zero-order chi connectivity index (χ0) is 21.2. The number of rotatable bonds is 6. The summed E-state index contributed by atoms with van der Waals surface area (Å²) in [6.07, 6.45) is -4.53. The number of aromatic nitrogens is 2. The molecule has 1 aromatic heterocycles. The standard InChI is InChI=1S/C19H17ClF3N3O2S/c1-3-28-12-5-7-14-16(9-12)26-18(25-14)29-10(2)17(27)24-15-8-11(19(21,22)23)4-6-13(15)20/h4-10H,3H2,1-2H3,(H,24,27)(H,25,26). The molecule has 3 aromatic rings. The van der Waals surface area contributed by atoms with Crippen molar-refractivity contribution >= 4 is 46.0 Å². The van der Waals surface area contributed by atoms with Gasteiger partial charge in [-0.05, 0) is 44.2 Å². The molecule has 0 aliphatic rings. The van der Waals surface area contributed by atoms with Crippen LogP contribution in [0.2, 0.25) is 5.02 Å². The van der Waals surface area contributed by atoms with Gasteiger partial charge in [0.15, 0.2) is 5.16 Å². The fourth-order valence-electron chi connectivity index (χ4n) is 2.53. The molecule has 1 amide bonds. The monoisotopic (exact) mass is 443 g/mol. The van der Waals surface area contributed by atoms with E-state index in [9.17, 15) is 18.0 Å². The average Bonchev–Trinajstić information content (AvgIpc) is 3.04. The number of nitrogens with zero attached hydrogens (tertiary/aromatic N) is 1. The number of carbonyl (C=O) groups excluding carboxylic acids is 1. The molecule has 0 saturated carbocycles. The van der Waals surface area contributed by atoms with Crippen LogP contribution in [0.3, 0.4) is 0 Å². The molecular weight excluding hydrogens is 427 g/mol. The third kappa shape index (κ3) is 5.16. The van der Waals surface area contributed by atoms with Crippen LogP contribution < -0.4 is 10.1 Å². The summed E-state index contributed by atoms with van der Waals surface area (Å²) in [5.41, 5.74) is 0.487. The number of hydrogen-bond acceptors (Lipinski definition) is 4. The summed E-state index contributed by atoms with van der Waals surface area (Å²) in [5.74, 6) is 0.205. The number of fused-ring (bicyclic) bond motifs is 1. The van der Waals surface area contributed by atoms with E-state index in [1.54, 1.807) is 19.1 Å². The van der Waals surface area contributed by atoms with Gasteiger partial charge >= 0.3 is 6.18 Å². The zero-order valence-electron chi connectivity index (χ0n) is 15.4. The fourth-order valence-corrected chi connectivity index (χ4v) is 3.52. The molecule has 0 bridgehead atoms. The van der Waals surface area contributed by atoms with Gasteiger partial charge in [-0.3, -0.25) is 4.79 Å². The number of alkyl halides is 3. The van der Waals surface area contributed by atoms with Gasteiger partial charge in [0.1, 0.15) is 5.75 Å². The van der Waals surface area contributed by atoms with Gasteiger partial charge in [0, 0.05) is 6.07 Å². The van der Waals surface area contributed by atoms with E-state index in [1.165, 1.54) is 0 Å². The number of aromatic amines is 1. The lowest BCUT2D eigenvalue weighted by Gasteiger charge is -2.14. The number of thioether (sulfide) groups is 1. The number of benzene rings is 2. The molecule has 2 N–H and O–H groups in total. The molecule has 0 aliphatic carbocycles. The highest BCUT2D eigenvalue weighted by Crippen LogP contribution is 2.34. The number of hydrogen-bond donors (Lipinski definition) is 2. The van der Waals surface area contributed by atoms with Crippen molar-refractivity contribution in [1.82, 2.24) is 9.97 Å². The maximum absolute atomic E-state index is 12.9. The SMILES string of the molecule is CCOc1ccc2nc(SC(C)C(=O)Nc3cc(C(F)(F)F)ccc3Cl)[nH]c2c1. The van der Waals surface area contributed by atoms with Crippen LogP contribution in [0.1, 0.15) is 19.4 Å². The minimum Gasteiger partial charge on any atom is -0.494 e. The minimum absolute atomic E-state index is 0.0238. The van der Waals surface area contributed by atoms with E-state index in [-0.39, 0.29) is 10.7 Å². The smallest absolute Gasteiger partial charge is 0.416 e. The molecule has 5 nitrogen and oxygen atoms in total. The van der Waals surface area contributed by atoms with E-state index >= 15 is 0 Å². The Labute approximate surface area is 174 Å². The summed E-state index contributed by atoms with van der Waals surface area (Å²) < 4.78 is 44.1. The van der Waals surface area contributed by atoms with E-state index in [0.717, 1.165) is 35.5 Å². The number of H-pyrrole nitrogens is 1. The Morgan fingerprint density at radius 2 is 2.07 bits per heavy atom. The van der Waals surface area contributed by atoms with Gasteiger partial charge in [0.2, 0.25) is 5.91 Å². The predicted molar refractivity (Wildman–Crippen MR) is 108 cm³/mol. The van der Waals surface area contributed by atoms with E-state index < -0.39 is 22.9 Å². The number of imidazole rings is 1. The first kappa shape index (κ1) is 21.3. The predicted octanol–water partition coefficient (Wildman–Crippen LogP) is 5.75. The lowest BCUT2D eigenvalue weighted by atomic mass is 10.2. The van der Waals surface area contributed by atoms with Gasteiger partial charge in [0.05, 0.1) is 39.2 Å². The molecule has 0 aliphatic heterocycles. The first-order valence-corrected chi connectivity index (χ1v) is 9.90. The van der Waals surface area contributed by atoms with E-state index in [2.05, 4.69) is 15.3 Å². The number of ether oxygens (including phenoxy) is 1. The van der Waals surface area contributed by atoms with Gasteiger partial charge in [-0.15, -0.1) is 0 Å². The molecule has 29 heavy (non-hydrogen) atoms. The second-order valence-corrected chi connectivity index (χ2v) is 7.83. The van der Waals surface area contributed by atoms with Crippen molar-refractivity contribution < 1.29 is 22.7 Å². The molecular formula is C19H17ClF3N3O2S. The third-order valence-corrected chi connectivity index (χ3v) is 5.27. The quantitative estimate of drug-likeness (QED) is 0.476. The van der Waals surface area contributed by atoms with Crippen LogP contribution in [0.4, 0.5) is 18.9 Å². The summed E-state index contributed by atoms with van der Waals surface area (Å²) >= 11 is 7.08. The van der Waals surface area contributed by atoms with Crippen molar-refractivity contribution in [2.45, 2.75) is 30.4 Å². The van der Waals surface area contributed by atoms with Crippen molar-refractivity contribution in [3.8, 4) is 5.75 Å². The van der Waals surface area contributed by atoms with Crippen molar-refractivity contribution in [1.29, 1.82) is 0 Å². The normalized spacial score (nSPS) is 12.8. The van der Waals surface area contributed by atoms with Crippen molar-refractivity contribution in [3.63, 3.8) is 0 Å². The van der Waals surface area contributed by atoms with Crippen molar-refractivity contribution in [2.75, 3.05) is 11.9 Å². The summed E-state index contributed by atoms with van der Waals surface area (Å²) in [6, 6.07) is 8.19. The molecule has 1 unspecified atom stereocenters. The maximum Gasteiger partial charge on any atom is 0.416 e. The summed E-state index contributed by atoms with van der Waals surface area (Å²) in [6.45, 7) is 4.05. The molecule has 154 valence electrons. The number of nitrogens with one attached hydrogen (secondary N) is 2. The molecule has 1 atom stereocenters. The topological polar surface area (TPSA) is 67.0 Å². The fraction of sp³-hybridized carbons (Fsp3) is 0.263. The Balaban J connectivity index is 1.72. The Bertz CT molecular complexity index is 1040. The van der Waals surface area contributed by atoms with Crippen LogP contribution in [-0.4, -0.2) is 27.7 Å². The number of carbonyl (C=O) groups is 1. The molecule has 3 rings (SSSR count). The van der Waals surface area contributed by atoms with Crippen LogP contribution >= 0.6 is 23.4 Å². The van der Waals surface area contributed by atoms with Crippen molar-refractivity contribution in [3.05, 3.63) is 47.0 Å². The van der Waals surface area contributed by atoms with Crippen LogP contribution in [-0.2, 0) is 11.0 Å². The van der Waals surface area contributed by atoms with Crippen LogP contribution in [0.15, 0.2) is 41.6 Å². The van der Waals surface area contributed by atoms with Crippen LogP contribution in [0, 0.1) is 0 Å². The summed E-state index contributed by atoms with van der Waals surface area (Å²) in [4.78, 5) is 20.0. The van der Waals surface area contributed by atoms with E-state index in [0.29, 0.717) is 23.0 Å². The zero-order valence-corrected chi connectivity index (χ0v) is 17.0. The highest BCUT2D eigenvalue weighted by molar-refractivity contribution is 8.00. The molecule has 2 aromatic carbocycles. The summed E-state index contributed by atoms with van der Waals surface area (Å²) in [5, 5.41) is 2.35. The van der Waals surface area contributed by atoms with Crippen LogP contribution in [0.25, 0.3) is 11.0 Å². The number of anilines is 1. The van der Waals surface area contributed by atoms with Gasteiger partial charge < -0.3 is 15.0 Å². The second kappa shape index (κ2) is 8.54. The molecule has 1 heterocycles. The maximum atomic E-state index is 12.9. The minimum atomic E-state index is -4.53. The molecule has 0 spiro atoms. The molecule has 0 radical (unpaired) electrons. The number of halogens is 4. The van der Waals surface area contributed by atoms with Gasteiger partial charge in [-0.25, -0.2) is 4.98 Å². The number of amides is 1. The Hall–Kier alpha value is -2.39. The Kier molecular flexibility index (Phi) is 6.28. The molecule has 10 heteroatoms. The summed E-state index contributed by atoms with van der Waals surface area (Å²) in [7, 11) is 0. The molecule has 0 saturated heterocycles. The van der Waals surface area contributed by atoms with E-state index in [1.807, 2.05) is 13.0 Å². The third-order valence-electron chi connectivity index (χ3n) is 3.95. The van der Waals surface area contributed by atoms with Crippen molar-refractivity contribution in [2.24, 2.45) is 0 Å². The first-order chi connectivity index (χ1) is 13.7. The Morgan fingerprint density at radius 3 is 2.76 bits per heavy atom. The largest absolute Gasteiger partial charge is 0.494 e. The second-order valence-electron chi connectivity index (χ2n) is 6.10. The molecule has 0 fully saturated rings. The first-order valence-electron chi connectivity index (χ1n) is 8.64.